The van der Waals surface area contributed by atoms with Crippen LogP contribution in [-0.4, -0.2) is 101 Å². The molecule has 1 fully saturated rings. The van der Waals surface area contributed by atoms with Crippen LogP contribution in [0.4, 0.5) is 0 Å². The second-order valence-corrected chi connectivity index (χ2v) is 18.3. The number of hydrogen-bond acceptors (Lipinski definition) is 13. The molecule has 0 unspecified atom stereocenters. The lowest BCUT2D eigenvalue weighted by Gasteiger charge is -2.49. The van der Waals surface area contributed by atoms with Crippen LogP contribution in [0.25, 0.3) is 0 Å². The van der Waals surface area contributed by atoms with E-state index in [2.05, 4.69) is 44.5 Å². The first-order valence-electron chi connectivity index (χ1n) is 11.4. The summed E-state index contributed by atoms with van der Waals surface area (Å²) in [5, 5.41) is 9.19. The van der Waals surface area contributed by atoms with E-state index < -0.39 is 54.6 Å². The first kappa shape index (κ1) is 30.6. The minimum atomic E-state index is -1.30. The third-order valence-electron chi connectivity index (χ3n) is 5.31. The van der Waals surface area contributed by atoms with Crippen molar-refractivity contribution in [3.05, 3.63) is 17.5 Å². The van der Waals surface area contributed by atoms with E-state index in [1.54, 1.807) is 6.20 Å². The maximum Gasteiger partial charge on any atom is 0.357 e. The van der Waals surface area contributed by atoms with E-state index in [4.69, 9.17) is 21.1 Å². The van der Waals surface area contributed by atoms with Crippen LogP contribution in [0.2, 0.25) is 25.7 Å². The average molecular weight is 622 g/mol. The molecule has 1 aromatic rings. The van der Waals surface area contributed by atoms with Crippen molar-refractivity contribution >= 4 is 84.0 Å². The van der Waals surface area contributed by atoms with Gasteiger partial charge in [0.1, 0.15) is 28.4 Å². The van der Waals surface area contributed by atoms with Gasteiger partial charge in [-0.05, 0) is 23.1 Å². The van der Waals surface area contributed by atoms with E-state index in [9.17, 15) is 19.2 Å². The number of ether oxygens (including phenoxy) is 2. The highest BCUT2D eigenvalue weighted by molar-refractivity contribution is 8.01. The van der Waals surface area contributed by atoms with Crippen LogP contribution < -0.4 is 5.32 Å². The third-order valence-corrected chi connectivity index (χ3v) is 10.5. The minimum absolute atomic E-state index is 0.130. The van der Waals surface area contributed by atoms with Gasteiger partial charge in [0.2, 0.25) is 11.5 Å². The molecular formula is C21H28ClN5O7S3Si. The summed E-state index contributed by atoms with van der Waals surface area (Å²) in [4.78, 5) is 56.8. The Kier molecular flexibility index (Phi) is 11.2. The molecule has 0 aliphatic carbocycles. The number of carbonyl (C=O) groups excluding carboxylic acids is 4. The fraction of sp³-hybridized carbons (Fsp3) is 0.571. The molecule has 0 aromatic carbocycles. The van der Waals surface area contributed by atoms with Crippen LogP contribution in [0.3, 0.4) is 0 Å². The van der Waals surface area contributed by atoms with E-state index in [0.29, 0.717) is 23.7 Å². The molecule has 1 saturated heterocycles. The first-order valence-corrected chi connectivity index (χ1v) is 18.4. The number of thioether (sulfide) groups is 2. The number of nitrogens with zero attached hydrogens (tertiary/aromatic N) is 4. The summed E-state index contributed by atoms with van der Waals surface area (Å²) >= 11 is 9.61. The van der Waals surface area contributed by atoms with Crippen molar-refractivity contribution in [1.29, 1.82) is 0 Å². The molecule has 38 heavy (non-hydrogen) atoms. The number of nitrogens with one attached hydrogen (secondary N) is 1. The van der Waals surface area contributed by atoms with Gasteiger partial charge in [-0.25, -0.2) is 4.79 Å². The van der Waals surface area contributed by atoms with Gasteiger partial charge < -0.3 is 19.6 Å². The largest absolute Gasteiger partial charge is 0.434 e. The Morgan fingerprint density at radius 2 is 2.11 bits per heavy atom. The lowest BCUT2D eigenvalue weighted by atomic mass is 10.0. The molecule has 2 aliphatic heterocycles. The Balaban J connectivity index is 1.73. The van der Waals surface area contributed by atoms with Crippen molar-refractivity contribution in [2.45, 2.75) is 41.3 Å². The number of alkyl halides is 1. The normalized spacial score (nSPS) is 19.6. The molecule has 1 aromatic heterocycles. The number of rotatable bonds is 14. The van der Waals surface area contributed by atoms with Crippen molar-refractivity contribution in [2.75, 3.05) is 37.9 Å². The van der Waals surface area contributed by atoms with Crippen molar-refractivity contribution in [2.24, 2.45) is 5.16 Å². The van der Waals surface area contributed by atoms with Crippen LogP contribution in [0.5, 0.6) is 0 Å². The van der Waals surface area contributed by atoms with Crippen LogP contribution in [0.1, 0.15) is 0 Å². The molecule has 1 N–H and O–H groups in total. The predicted octanol–water partition coefficient (Wildman–Crippen LogP) is 1.95. The Morgan fingerprint density at radius 3 is 2.74 bits per heavy atom. The zero-order valence-electron chi connectivity index (χ0n) is 21.2. The Bertz CT molecular complexity index is 1110. The minimum Gasteiger partial charge on any atom is -0.434 e. The molecule has 3 heterocycles. The Hall–Kier alpha value is -1.98. The number of esters is 1. The van der Waals surface area contributed by atoms with Gasteiger partial charge in [-0.15, -0.1) is 40.2 Å². The van der Waals surface area contributed by atoms with E-state index in [0.717, 1.165) is 10.3 Å². The third kappa shape index (κ3) is 7.78. The number of amides is 2. The number of carbonyl (C=O) groups is 4. The summed E-state index contributed by atoms with van der Waals surface area (Å²) in [6, 6.07) is -0.0584. The van der Waals surface area contributed by atoms with Gasteiger partial charge in [0.15, 0.2) is 6.79 Å². The van der Waals surface area contributed by atoms with E-state index in [-0.39, 0.29) is 12.5 Å². The van der Waals surface area contributed by atoms with Gasteiger partial charge in [0.25, 0.3) is 11.8 Å². The van der Waals surface area contributed by atoms with Crippen LogP contribution in [-0.2, 0) is 33.5 Å². The topological polar surface area (TPSA) is 149 Å². The second kappa shape index (κ2) is 13.9. The van der Waals surface area contributed by atoms with Crippen molar-refractivity contribution in [3.63, 3.8) is 0 Å². The summed E-state index contributed by atoms with van der Waals surface area (Å²) in [5.41, 5.74) is 0.287. The number of oxime groups is 1. The van der Waals surface area contributed by atoms with Crippen molar-refractivity contribution in [3.8, 4) is 0 Å². The number of aromatic nitrogens is 2. The van der Waals surface area contributed by atoms with Gasteiger partial charge in [-0.3, -0.25) is 19.3 Å². The van der Waals surface area contributed by atoms with Crippen LogP contribution in [0.15, 0.2) is 26.8 Å². The summed E-state index contributed by atoms with van der Waals surface area (Å²) in [6.45, 7) is 6.90. The zero-order chi connectivity index (χ0) is 27.9. The molecular weight excluding hydrogens is 594 g/mol. The molecule has 0 bridgehead atoms. The van der Waals surface area contributed by atoms with Gasteiger partial charge in [-0.1, -0.05) is 29.3 Å². The molecule has 3 rings (SSSR count). The zero-order valence-corrected chi connectivity index (χ0v) is 25.4. The second-order valence-electron chi connectivity index (χ2n) is 9.29. The first-order chi connectivity index (χ1) is 18.1. The highest BCUT2D eigenvalue weighted by Gasteiger charge is 2.54. The molecule has 208 valence electrons. The van der Waals surface area contributed by atoms with E-state index in [1.807, 2.05) is 0 Å². The number of fused-ring (bicyclic) bond motifs is 1. The molecule has 2 aliphatic rings. The number of Topliss-reactive ketones (excluding diaryl/α,β-unsaturated/α-hetero) is 1. The van der Waals surface area contributed by atoms with Gasteiger partial charge in [0, 0.05) is 26.2 Å². The smallest absolute Gasteiger partial charge is 0.357 e. The maximum absolute atomic E-state index is 13.2. The molecule has 12 nitrogen and oxygen atoms in total. The fourth-order valence-electron chi connectivity index (χ4n) is 3.35. The standard InChI is InChI=1S/C21H28ClN5O7S3Si/c1-32-25-15(13(28)7-22)18(29)24-16-19(30)27-17(21(31)34-11-33-5-6-38(2,3)4)12(10-36-20(16)27)9-35-14-8-23-26-37-14/h8,16,20H,5-7,9-11H2,1-4H3,(H,24,29)/t16-,20+/m1/s1. The number of β-lactam (4-membered cyclic amide) rings is 1. The highest BCUT2D eigenvalue weighted by atomic mass is 35.5. The fourth-order valence-corrected chi connectivity index (χ4v) is 7.14. The summed E-state index contributed by atoms with van der Waals surface area (Å²) in [5.74, 6) is -2.48. The Labute approximate surface area is 238 Å². The molecule has 0 radical (unpaired) electrons. The SMILES string of the molecule is CON=C(C(=O)CCl)C(=O)N[C@@H]1C(=O)N2C(C(=O)OCOCC[Si](C)(C)C)=C(CSc3cnns3)CS[C@@H]12. The summed E-state index contributed by atoms with van der Waals surface area (Å²) in [6.07, 6.45) is 1.63. The van der Waals surface area contributed by atoms with Gasteiger partial charge in [-0.2, -0.15) is 0 Å². The van der Waals surface area contributed by atoms with Crippen molar-refractivity contribution in [1.82, 2.24) is 19.8 Å². The molecule has 2 amide bonds. The van der Waals surface area contributed by atoms with Crippen LogP contribution in [0, 0.1) is 0 Å². The maximum atomic E-state index is 13.2. The van der Waals surface area contributed by atoms with Crippen LogP contribution >= 0.6 is 46.7 Å². The molecule has 2 atom stereocenters. The average Bonchev–Trinajstić information content (AvgIpc) is 3.40. The molecule has 17 heteroatoms. The predicted molar refractivity (Wildman–Crippen MR) is 148 cm³/mol. The Morgan fingerprint density at radius 1 is 1.34 bits per heavy atom. The number of hydrogen-bond donors (Lipinski definition) is 1. The van der Waals surface area contributed by atoms with Crippen molar-refractivity contribution < 1.29 is 33.5 Å². The summed E-state index contributed by atoms with van der Waals surface area (Å²) < 4.78 is 15.6. The molecule has 0 spiro atoms. The highest BCUT2D eigenvalue weighted by Crippen LogP contribution is 2.42. The summed E-state index contributed by atoms with van der Waals surface area (Å²) in [7, 11) is -0.119. The molecule has 0 saturated carbocycles. The number of halogens is 1. The van der Waals surface area contributed by atoms with E-state index in [1.165, 1.54) is 47.1 Å². The quantitative estimate of drug-likeness (QED) is 0.0310. The monoisotopic (exact) mass is 621 g/mol. The lowest BCUT2D eigenvalue weighted by Crippen LogP contribution is -2.71. The lowest BCUT2D eigenvalue weighted by molar-refractivity contribution is -0.159. The van der Waals surface area contributed by atoms with Gasteiger partial charge in [0.05, 0.1) is 12.1 Å². The number of ketones is 1. The van der Waals surface area contributed by atoms with E-state index >= 15 is 0 Å². The van der Waals surface area contributed by atoms with Gasteiger partial charge >= 0.3 is 5.97 Å².